The van der Waals surface area contributed by atoms with Gasteiger partial charge in [0, 0.05) is 11.4 Å². The molecule has 0 bridgehead atoms. The average molecular weight is 259 g/mol. The molecular weight excluding hydrogens is 240 g/mol. The first-order valence-electron chi connectivity index (χ1n) is 5.87. The Morgan fingerprint density at radius 3 is 2.81 bits per heavy atom. The van der Waals surface area contributed by atoms with Crippen LogP contribution in [0.25, 0.3) is 0 Å². The summed E-state index contributed by atoms with van der Waals surface area (Å²) in [7, 11) is 2.21. The van der Waals surface area contributed by atoms with Crippen molar-refractivity contribution in [1.82, 2.24) is 10.2 Å². The maximum Gasteiger partial charge on any atom is 0.0931 e. The van der Waals surface area contributed by atoms with E-state index in [9.17, 15) is 0 Å². The smallest absolute Gasteiger partial charge is 0.0931 e. The number of thiophene rings is 1. The molecule has 2 nitrogen and oxygen atoms in total. The predicted octanol–water partition coefficient (Wildman–Crippen LogP) is 2.83. The third-order valence-electron chi connectivity index (χ3n) is 3.20. The maximum atomic E-state index is 5.89. The standard InChI is InChI=1S/C12H19ClN2S/c1-15-6-4-10(5-7-15)8-14-9-11-2-3-12(13)16-11/h2-3,10,14H,4-9H2,1H3. The van der Waals surface area contributed by atoms with Gasteiger partial charge in [0.1, 0.15) is 0 Å². The van der Waals surface area contributed by atoms with Crippen LogP contribution in [0.5, 0.6) is 0 Å². The zero-order valence-electron chi connectivity index (χ0n) is 9.71. The molecule has 16 heavy (non-hydrogen) atoms. The highest BCUT2D eigenvalue weighted by Gasteiger charge is 2.15. The number of piperidine rings is 1. The summed E-state index contributed by atoms with van der Waals surface area (Å²) in [5.74, 6) is 0.853. The number of halogens is 1. The molecular formula is C12H19ClN2S. The van der Waals surface area contributed by atoms with Gasteiger partial charge < -0.3 is 10.2 Å². The van der Waals surface area contributed by atoms with E-state index in [4.69, 9.17) is 11.6 Å². The molecule has 1 aliphatic rings. The third-order valence-corrected chi connectivity index (χ3v) is 4.43. The van der Waals surface area contributed by atoms with Gasteiger partial charge in [0.05, 0.1) is 4.34 Å². The molecule has 4 heteroatoms. The minimum absolute atomic E-state index is 0.853. The number of rotatable bonds is 4. The third kappa shape index (κ3) is 3.74. The number of nitrogens with one attached hydrogen (secondary N) is 1. The van der Waals surface area contributed by atoms with E-state index in [1.54, 1.807) is 11.3 Å². The Morgan fingerprint density at radius 2 is 2.19 bits per heavy atom. The number of likely N-dealkylation sites (tertiary alicyclic amines) is 1. The molecule has 1 fully saturated rings. The van der Waals surface area contributed by atoms with E-state index in [1.807, 2.05) is 6.07 Å². The molecule has 0 amide bonds. The van der Waals surface area contributed by atoms with Gasteiger partial charge in [-0.2, -0.15) is 0 Å². The van der Waals surface area contributed by atoms with Crippen molar-refractivity contribution in [1.29, 1.82) is 0 Å². The fraction of sp³-hybridized carbons (Fsp3) is 0.667. The van der Waals surface area contributed by atoms with Crippen molar-refractivity contribution in [2.24, 2.45) is 5.92 Å². The van der Waals surface area contributed by atoms with Crippen LogP contribution in [0.1, 0.15) is 17.7 Å². The quantitative estimate of drug-likeness (QED) is 0.894. The van der Waals surface area contributed by atoms with Crippen molar-refractivity contribution in [3.05, 3.63) is 21.3 Å². The lowest BCUT2D eigenvalue weighted by atomic mass is 9.97. The molecule has 0 aliphatic carbocycles. The first-order valence-corrected chi connectivity index (χ1v) is 7.07. The van der Waals surface area contributed by atoms with Gasteiger partial charge in [-0.15, -0.1) is 11.3 Å². The zero-order valence-corrected chi connectivity index (χ0v) is 11.3. The Bertz CT molecular complexity index is 319. The molecule has 90 valence electrons. The maximum absolute atomic E-state index is 5.89. The Labute approximate surface area is 107 Å². The van der Waals surface area contributed by atoms with Crippen molar-refractivity contribution in [3.8, 4) is 0 Å². The Kier molecular flexibility index (Phi) is 4.65. The molecule has 1 saturated heterocycles. The average Bonchev–Trinajstić information content (AvgIpc) is 2.67. The summed E-state index contributed by atoms with van der Waals surface area (Å²) in [6, 6.07) is 4.08. The lowest BCUT2D eigenvalue weighted by Gasteiger charge is -2.28. The molecule has 1 aromatic heterocycles. The van der Waals surface area contributed by atoms with Gasteiger partial charge in [0.2, 0.25) is 0 Å². The van der Waals surface area contributed by atoms with Gasteiger partial charge >= 0.3 is 0 Å². The summed E-state index contributed by atoms with van der Waals surface area (Å²) in [4.78, 5) is 3.74. The van der Waals surface area contributed by atoms with Gasteiger partial charge in [0.15, 0.2) is 0 Å². The molecule has 0 aromatic carbocycles. The molecule has 1 aromatic rings. The second-order valence-electron chi connectivity index (χ2n) is 4.58. The minimum atomic E-state index is 0.853. The van der Waals surface area contributed by atoms with Gasteiger partial charge in [-0.25, -0.2) is 0 Å². The summed E-state index contributed by atoms with van der Waals surface area (Å²) in [5, 5.41) is 3.53. The van der Waals surface area contributed by atoms with Crippen molar-refractivity contribution in [2.75, 3.05) is 26.7 Å². The molecule has 1 N–H and O–H groups in total. The molecule has 0 spiro atoms. The highest BCUT2D eigenvalue weighted by Crippen LogP contribution is 2.21. The van der Waals surface area contributed by atoms with E-state index in [0.717, 1.165) is 23.3 Å². The fourth-order valence-corrected chi connectivity index (χ4v) is 3.17. The van der Waals surface area contributed by atoms with Gasteiger partial charge in [-0.05, 0) is 57.6 Å². The summed E-state index contributed by atoms with van der Waals surface area (Å²) < 4.78 is 0.885. The lowest BCUT2D eigenvalue weighted by molar-refractivity contribution is 0.216. The summed E-state index contributed by atoms with van der Waals surface area (Å²) >= 11 is 7.56. The molecule has 0 atom stereocenters. The summed E-state index contributed by atoms with van der Waals surface area (Å²) in [5.41, 5.74) is 0. The summed E-state index contributed by atoms with van der Waals surface area (Å²) in [6.07, 6.45) is 2.66. The van der Waals surface area contributed by atoms with Crippen molar-refractivity contribution in [3.63, 3.8) is 0 Å². The van der Waals surface area contributed by atoms with E-state index in [0.29, 0.717) is 0 Å². The normalized spacial score (nSPS) is 19.1. The van der Waals surface area contributed by atoms with Crippen LogP contribution in [0.15, 0.2) is 12.1 Å². The largest absolute Gasteiger partial charge is 0.312 e. The molecule has 0 radical (unpaired) electrons. The van der Waals surface area contributed by atoms with Crippen LogP contribution in [0, 0.1) is 5.92 Å². The van der Waals surface area contributed by atoms with Crippen LogP contribution in [0.2, 0.25) is 4.34 Å². The monoisotopic (exact) mass is 258 g/mol. The second kappa shape index (κ2) is 6.01. The molecule has 2 heterocycles. The second-order valence-corrected chi connectivity index (χ2v) is 6.38. The number of hydrogen-bond acceptors (Lipinski definition) is 3. The first kappa shape index (κ1) is 12.4. The van der Waals surface area contributed by atoms with Crippen molar-refractivity contribution >= 4 is 22.9 Å². The van der Waals surface area contributed by atoms with E-state index in [2.05, 4.69) is 23.3 Å². The Hall–Kier alpha value is -0.0900. The van der Waals surface area contributed by atoms with E-state index < -0.39 is 0 Å². The van der Waals surface area contributed by atoms with Gasteiger partial charge in [0.25, 0.3) is 0 Å². The number of hydrogen-bond donors (Lipinski definition) is 1. The number of nitrogens with zero attached hydrogens (tertiary/aromatic N) is 1. The Morgan fingerprint density at radius 1 is 1.44 bits per heavy atom. The van der Waals surface area contributed by atoms with Crippen molar-refractivity contribution in [2.45, 2.75) is 19.4 Å². The van der Waals surface area contributed by atoms with Crippen molar-refractivity contribution < 1.29 is 0 Å². The van der Waals surface area contributed by atoms with Crippen LogP contribution < -0.4 is 5.32 Å². The molecule has 1 aliphatic heterocycles. The fourth-order valence-electron chi connectivity index (χ4n) is 2.11. The molecule has 0 unspecified atom stereocenters. The first-order chi connectivity index (χ1) is 7.74. The van der Waals surface area contributed by atoms with Crippen LogP contribution in [0.4, 0.5) is 0 Å². The molecule has 2 rings (SSSR count). The lowest BCUT2D eigenvalue weighted by Crippen LogP contribution is -2.34. The van der Waals surface area contributed by atoms with E-state index in [1.165, 1.54) is 30.8 Å². The highest BCUT2D eigenvalue weighted by molar-refractivity contribution is 7.16. The molecule has 0 saturated carbocycles. The zero-order chi connectivity index (χ0) is 11.4. The van der Waals surface area contributed by atoms with Crippen LogP contribution in [-0.4, -0.2) is 31.6 Å². The summed E-state index contributed by atoms with van der Waals surface area (Å²) in [6.45, 7) is 4.60. The van der Waals surface area contributed by atoms with Crippen LogP contribution in [0.3, 0.4) is 0 Å². The van der Waals surface area contributed by atoms with Crippen LogP contribution >= 0.6 is 22.9 Å². The van der Waals surface area contributed by atoms with E-state index in [-0.39, 0.29) is 0 Å². The predicted molar refractivity (Wildman–Crippen MR) is 71.3 cm³/mol. The highest BCUT2D eigenvalue weighted by atomic mass is 35.5. The van der Waals surface area contributed by atoms with E-state index >= 15 is 0 Å². The Balaban J connectivity index is 1.64. The minimum Gasteiger partial charge on any atom is -0.312 e. The van der Waals surface area contributed by atoms with Gasteiger partial charge in [-0.1, -0.05) is 11.6 Å². The van der Waals surface area contributed by atoms with Crippen LogP contribution in [-0.2, 0) is 6.54 Å². The van der Waals surface area contributed by atoms with Gasteiger partial charge in [-0.3, -0.25) is 0 Å². The SMILES string of the molecule is CN1CCC(CNCc2ccc(Cl)s2)CC1. The topological polar surface area (TPSA) is 15.3 Å².